The van der Waals surface area contributed by atoms with Crippen LogP contribution in [0.3, 0.4) is 0 Å². The highest BCUT2D eigenvalue weighted by molar-refractivity contribution is 9.10. The van der Waals surface area contributed by atoms with E-state index in [0.717, 1.165) is 19.7 Å². The number of ether oxygens (including phenoxy) is 1. The quantitative estimate of drug-likeness (QED) is 0.902. The number of hydrogen-bond acceptors (Lipinski definition) is 3. The van der Waals surface area contributed by atoms with E-state index in [9.17, 15) is 9.18 Å². The number of hydrogen-bond donors (Lipinski definition) is 1. The second-order valence-electron chi connectivity index (χ2n) is 5.61. The molecule has 2 fully saturated rings. The number of benzene rings is 1. The van der Waals surface area contributed by atoms with Crippen LogP contribution in [0.1, 0.15) is 23.2 Å². The smallest absolute Gasteiger partial charge is 0.251 e. The van der Waals surface area contributed by atoms with Crippen molar-refractivity contribution in [2.45, 2.75) is 25.0 Å². The highest BCUT2D eigenvalue weighted by Gasteiger charge is 2.32. The lowest BCUT2D eigenvalue weighted by Crippen LogP contribution is -2.50. The predicted molar refractivity (Wildman–Crippen MR) is 80.8 cm³/mol. The van der Waals surface area contributed by atoms with Gasteiger partial charge in [-0.25, -0.2) is 4.39 Å². The fraction of sp³-hybridized carbons (Fsp3) is 0.533. The van der Waals surface area contributed by atoms with E-state index in [1.165, 1.54) is 25.0 Å². The molecule has 1 N–H and O–H groups in total. The molecule has 2 heterocycles. The second-order valence-corrected chi connectivity index (χ2v) is 6.53. The molecule has 21 heavy (non-hydrogen) atoms. The van der Waals surface area contributed by atoms with Gasteiger partial charge in [-0.1, -0.05) is 15.9 Å². The topological polar surface area (TPSA) is 41.6 Å². The first-order valence-corrected chi connectivity index (χ1v) is 8.01. The Kier molecular flexibility index (Phi) is 4.57. The minimum absolute atomic E-state index is 0.0142. The molecule has 0 radical (unpaired) electrons. The van der Waals surface area contributed by atoms with Crippen molar-refractivity contribution in [3.05, 3.63) is 34.1 Å². The molecule has 0 aromatic heterocycles. The van der Waals surface area contributed by atoms with Gasteiger partial charge in [0.15, 0.2) is 0 Å². The van der Waals surface area contributed by atoms with Crippen molar-refractivity contribution in [3.8, 4) is 0 Å². The van der Waals surface area contributed by atoms with Crippen molar-refractivity contribution in [2.75, 3.05) is 26.2 Å². The zero-order chi connectivity index (χ0) is 14.8. The maximum Gasteiger partial charge on any atom is 0.251 e. The molecule has 1 aromatic carbocycles. The van der Waals surface area contributed by atoms with Crippen LogP contribution < -0.4 is 5.32 Å². The molecule has 2 saturated heterocycles. The van der Waals surface area contributed by atoms with Gasteiger partial charge in [0, 0.05) is 29.2 Å². The zero-order valence-electron chi connectivity index (χ0n) is 11.6. The fourth-order valence-electron chi connectivity index (χ4n) is 3.00. The van der Waals surface area contributed by atoms with Gasteiger partial charge in [-0.15, -0.1) is 0 Å². The highest BCUT2D eigenvalue weighted by atomic mass is 79.9. The average Bonchev–Trinajstić information content (AvgIpc) is 2.91. The number of halogens is 2. The minimum Gasteiger partial charge on any atom is -0.373 e. The van der Waals surface area contributed by atoms with E-state index in [4.69, 9.17) is 4.74 Å². The number of carbonyl (C=O) groups is 1. The third kappa shape index (κ3) is 3.62. The van der Waals surface area contributed by atoms with E-state index in [1.807, 2.05) is 0 Å². The van der Waals surface area contributed by atoms with Crippen molar-refractivity contribution >= 4 is 21.8 Å². The maximum absolute atomic E-state index is 13.3. The van der Waals surface area contributed by atoms with Gasteiger partial charge in [0.2, 0.25) is 0 Å². The van der Waals surface area contributed by atoms with Gasteiger partial charge < -0.3 is 10.1 Å². The number of carbonyl (C=O) groups excluding carboxylic acids is 1. The zero-order valence-corrected chi connectivity index (χ0v) is 13.2. The summed E-state index contributed by atoms with van der Waals surface area (Å²) in [6.45, 7) is 3.18. The average molecular weight is 357 g/mol. The second kappa shape index (κ2) is 6.42. The van der Waals surface area contributed by atoms with Crippen LogP contribution in [-0.4, -0.2) is 49.2 Å². The maximum atomic E-state index is 13.3. The lowest BCUT2D eigenvalue weighted by atomic mass is 10.1. The first-order chi connectivity index (χ1) is 10.1. The molecule has 2 aliphatic heterocycles. The molecule has 2 atom stereocenters. The molecule has 0 spiro atoms. The summed E-state index contributed by atoms with van der Waals surface area (Å²) in [5, 5.41) is 2.82. The number of morpholine rings is 1. The number of rotatable bonds is 3. The number of fused-ring (bicyclic) bond motifs is 1. The Hall–Kier alpha value is -0.980. The largest absolute Gasteiger partial charge is 0.373 e. The van der Waals surface area contributed by atoms with Crippen LogP contribution in [0.15, 0.2) is 22.7 Å². The van der Waals surface area contributed by atoms with E-state index in [-0.39, 0.29) is 12.0 Å². The standard InChI is InChI=1S/C15H18BrFN2O2/c16-11-4-10(5-12(17)6-11)15(20)18-7-14-8-19-3-1-2-13(19)9-21-14/h4-6,13-14H,1-3,7-9H2,(H,18,20)/t13-,14-/m0/s1. The van der Waals surface area contributed by atoms with Gasteiger partial charge in [0.25, 0.3) is 5.91 Å². The number of amides is 1. The van der Waals surface area contributed by atoms with E-state index in [2.05, 4.69) is 26.1 Å². The number of nitrogens with one attached hydrogen (secondary N) is 1. The summed E-state index contributed by atoms with van der Waals surface area (Å²) in [7, 11) is 0. The molecule has 4 nitrogen and oxygen atoms in total. The van der Waals surface area contributed by atoms with Crippen molar-refractivity contribution in [1.82, 2.24) is 10.2 Å². The third-order valence-electron chi connectivity index (χ3n) is 4.08. The lowest BCUT2D eigenvalue weighted by Gasteiger charge is -2.35. The lowest BCUT2D eigenvalue weighted by molar-refractivity contribution is -0.0461. The molecule has 0 bridgehead atoms. The van der Waals surface area contributed by atoms with Crippen molar-refractivity contribution < 1.29 is 13.9 Å². The Balaban J connectivity index is 1.53. The Morgan fingerprint density at radius 1 is 1.48 bits per heavy atom. The van der Waals surface area contributed by atoms with Gasteiger partial charge in [-0.3, -0.25) is 9.69 Å². The normalized spacial score (nSPS) is 25.6. The van der Waals surface area contributed by atoms with Gasteiger partial charge in [0.1, 0.15) is 5.82 Å². The fourth-order valence-corrected chi connectivity index (χ4v) is 3.47. The van der Waals surface area contributed by atoms with Gasteiger partial charge in [-0.05, 0) is 37.6 Å². The van der Waals surface area contributed by atoms with E-state index in [1.54, 1.807) is 6.07 Å². The van der Waals surface area contributed by atoms with E-state index >= 15 is 0 Å². The summed E-state index contributed by atoms with van der Waals surface area (Å²) in [6, 6.07) is 4.72. The van der Waals surface area contributed by atoms with Crippen LogP contribution in [0.4, 0.5) is 4.39 Å². The van der Waals surface area contributed by atoms with Crippen molar-refractivity contribution in [3.63, 3.8) is 0 Å². The molecule has 1 aromatic rings. The molecule has 1 amide bonds. The molecule has 0 saturated carbocycles. The van der Waals surface area contributed by atoms with Crippen LogP contribution in [-0.2, 0) is 4.74 Å². The molecule has 6 heteroatoms. The van der Waals surface area contributed by atoms with Crippen LogP contribution in [0.5, 0.6) is 0 Å². The third-order valence-corrected chi connectivity index (χ3v) is 4.53. The predicted octanol–water partition coefficient (Wildman–Crippen LogP) is 2.18. The summed E-state index contributed by atoms with van der Waals surface area (Å²) in [6.07, 6.45) is 2.45. The van der Waals surface area contributed by atoms with E-state index in [0.29, 0.717) is 22.6 Å². The summed E-state index contributed by atoms with van der Waals surface area (Å²) < 4.78 is 19.6. The van der Waals surface area contributed by atoms with Crippen molar-refractivity contribution in [1.29, 1.82) is 0 Å². The molecule has 114 valence electrons. The van der Waals surface area contributed by atoms with Crippen LogP contribution in [0.2, 0.25) is 0 Å². The Bertz CT molecular complexity index is 520. The molecule has 2 aliphatic rings. The van der Waals surface area contributed by atoms with E-state index < -0.39 is 5.82 Å². The summed E-state index contributed by atoms with van der Waals surface area (Å²) in [4.78, 5) is 14.5. The molecular weight excluding hydrogens is 339 g/mol. The van der Waals surface area contributed by atoms with Gasteiger partial charge >= 0.3 is 0 Å². The first kappa shape index (κ1) is 14.9. The summed E-state index contributed by atoms with van der Waals surface area (Å²) in [5.41, 5.74) is 0.316. The Morgan fingerprint density at radius 3 is 3.14 bits per heavy atom. The van der Waals surface area contributed by atoms with Gasteiger partial charge in [-0.2, -0.15) is 0 Å². The Morgan fingerprint density at radius 2 is 2.33 bits per heavy atom. The molecule has 0 unspecified atom stereocenters. The monoisotopic (exact) mass is 356 g/mol. The summed E-state index contributed by atoms with van der Waals surface area (Å²) in [5.74, 6) is -0.703. The SMILES string of the molecule is O=C(NC[C@H]1CN2CCC[C@H]2CO1)c1cc(F)cc(Br)c1. The van der Waals surface area contributed by atoms with Crippen LogP contribution in [0, 0.1) is 5.82 Å². The number of nitrogens with zero attached hydrogens (tertiary/aromatic N) is 1. The van der Waals surface area contributed by atoms with Crippen LogP contribution >= 0.6 is 15.9 Å². The first-order valence-electron chi connectivity index (χ1n) is 7.22. The molecular formula is C15H18BrFN2O2. The highest BCUT2D eigenvalue weighted by Crippen LogP contribution is 2.22. The van der Waals surface area contributed by atoms with Gasteiger partial charge in [0.05, 0.1) is 12.7 Å². The summed E-state index contributed by atoms with van der Waals surface area (Å²) >= 11 is 3.19. The molecule has 0 aliphatic carbocycles. The minimum atomic E-state index is -0.427. The van der Waals surface area contributed by atoms with Crippen molar-refractivity contribution in [2.24, 2.45) is 0 Å². The van der Waals surface area contributed by atoms with Crippen LogP contribution in [0.25, 0.3) is 0 Å². The molecule has 3 rings (SSSR count). The Labute approximate surface area is 131 Å².